The van der Waals surface area contributed by atoms with Crippen LogP contribution in [0.1, 0.15) is 79.0 Å². The SMILES string of the molecule is Br.CCCCCCCCCCCC[N+](C)(C)CCOc1ccccc1.O=C(O)CC(C(=O)O)S(=O)(=O)O.[H-].[Na+]. The summed E-state index contributed by atoms with van der Waals surface area (Å²) >= 11 is 0. The van der Waals surface area contributed by atoms with E-state index in [4.69, 9.17) is 19.5 Å². The number of para-hydroxylation sites is 1. The Balaban J connectivity index is -0.000000351. The molecule has 0 saturated heterocycles. The summed E-state index contributed by atoms with van der Waals surface area (Å²) in [5.74, 6) is -2.52. The first-order chi connectivity index (χ1) is 16.9. The number of carboxylic acid groups (broad SMARTS) is 2. The Morgan fingerprint density at radius 2 is 1.37 bits per heavy atom. The molecule has 1 aromatic rings. The van der Waals surface area contributed by atoms with Crippen LogP contribution in [-0.4, -0.2) is 78.6 Å². The number of carboxylic acids is 2. The number of hydrogen-bond acceptors (Lipinski definition) is 5. The van der Waals surface area contributed by atoms with Gasteiger partial charge in [-0.15, -0.1) is 17.0 Å². The second-order valence-corrected chi connectivity index (χ2v) is 11.3. The fourth-order valence-electron chi connectivity index (χ4n) is 3.55. The van der Waals surface area contributed by atoms with Crippen molar-refractivity contribution in [3.8, 4) is 5.75 Å². The van der Waals surface area contributed by atoms with Crippen molar-refractivity contribution in [1.29, 1.82) is 0 Å². The van der Waals surface area contributed by atoms with E-state index in [9.17, 15) is 18.0 Å². The Hall–Kier alpha value is -0.690. The second kappa shape index (κ2) is 24.1. The zero-order valence-electron chi connectivity index (χ0n) is 24.5. The van der Waals surface area contributed by atoms with Crippen molar-refractivity contribution in [3.63, 3.8) is 0 Å². The van der Waals surface area contributed by atoms with Gasteiger partial charge < -0.3 is 20.9 Å². The van der Waals surface area contributed by atoms with E-state index in [2.05, 4.69) is 21.0 Å². The monoisotopic (exact) mass is 636 g/mol. The second-order valence-electron chi connectivity index (χ2n) is 9.67. The number of hydrogen-bond donors (Lipinski definition) is 3. The Labute approximate surface area is 263 Å². The van der Waals surface area contributed by atoms with Crippen LogP contribution < -0.4 is 34.3 Å². The van der Waals surface area contributed by atoms with Crippen LogP contribution in [0.5, 0.6) is 5.75 Å². The molecule has 12 heteroatoms. The summed E-state index contributed by atoms with van der Waals surface area (Å²) in [5, 5.41) is 13.9. The molecule has 9 nitrogen and oxygen atoms in total. The summed E-state index contributed by atoms with van der Waals surface area (Å²) in [6.07, 6.45) is 12.9. The summed E-state index contributed by atoms with van der Waals surface area (Å²) in [4.78, 5) is 20.0. The molecule has 0 aliphatic carbocycles. The maximum absolute atomic E-state index is 10.2. The Kier molecular flexibility index (Phi) is 26.5. The van der Waals surface area contributed by atoms with E-state index in [1.54, 1.807) is 0 Å². The van der Waals surface area contributed by atoms with Gasteiger partial charge in [0.05, 0.1) is 27.1 Å². The summed E-state index contributed by atoms with van der Waals surface area (Å²) in [6.45, 7) is 5.42. The van der Waals surface area contributed by atoms with Gasteiger partial charge in [0.2, 0.25) is 0 Å². The molecule has 1 unspecified atom stereocenters. The zero-order chi connectivity index (χ0) is 27.5. The number of unbranched alkanes of at least 4 members (excludes halogenated alkanes) is 9. The number of benzene rings is 1. The number of quaternary nitrogens is 1. The van der Waals surface area contributed by atoms with Gasteiger partial charge in [-0.2, -0.15) is 8.42 Å². The van der Waals surface area contributed by atoms with E-state index in [1.807, 2.05) is 30.3 Å². The molecule has 1 atom stereocenters. The minimum absolute atomic E-state index is 0. The Morgan fingerprint density at radius 1 is 0.895 bits per heavy atom. The molecule has 0 aliphatic rings. The standard InChI is InChI=1S/C22H40NO.C4H6O7S.BrH.Na.H/c1-4-5-6-7-8-9-10-11-12-16-19-23(2,3)20-21-24-22-17-14-13-15-18-22;5-3(6)1-2(4(7)8)12(9,10)11;;;/h13-15,17-18H,4-12,16,19-21H2,1-3H3;2H,1H2,(H,5,6)(H,7,8)(H,9,10,11);1H;;/q+1;;;+1;-1. The maximum atomic E-state index is 10.2. The average molecular weight is 638 g/mol. The molecule has 0 radical (unpaired) electrons. The predicted octanol–water partition coefficient (Wildman–Crippen LogP) is 2.56. The van der Waals surface area contributed by atoms with Crippen LogP contribution >= 0.6 is 17.0 Å². The van der Waals surface area contributed by atoms with Gasteiger partial charge >= 0.3 is 41.5 Å². The Morgan fingerprint density at radius 3 is 1.76 bits per heavy atom. The molecular weight excluding hydrogens is 589 g/mol. The van der Waals surface area contributed by atoms with Crippen LogP contribution in [0.15, 0.2) is 30.3 Å². The number of rotatable bonds is 19. The first-order valence-electron chi connectivity index (χ1n) is 12.8. The van der Waals surface area contributed by atoms with Gasteiger partial charge in [0.25, 0.3) is 10.1 Å². The van der Waals surface area contributed by atoms with E-state index in [1.165, 1.54) is 70.8 Å². The van der Waals surface area contributed by atoms with Crippen molar-refractivity contribution >= 4 is 39.0 Å². The van der Waals surface area contributed by atoms with Gasteiger partial charge in [0, 0.05) is 0 Å². The van der Waals surface area contributed by atoms with E-state index < -0.39 is 33.7 Å². The summed E-state index contributed by atoms with van der Waals surface area (Å²) in [6, 6.07) is 10.1. The molecule has 0 bridgehead atoms. The van der Waals surface area contributed by atoms with Crippen molar-refractivity contribution < 1.29 is 73.0 Å². The molecule has 38 heavy (non-hydrogen) atoms. The zero-order valence-corrected chi connectivity index (χ0v) is 28.0. The third-order valence-electron chi connectivity index (χ3n) is 5.82. The van der Waals surface area contributed by atoms with E-state index in [-0.39, 0.29) is 48.0 Å². The van der Waals surface area contributed by atoms with E-state index in [0.717, 1.165) is 23.4 Å². The third kappa shape index (κ3) is 24.4. The maximum Gasteiger partial charge on any atom is 1.00 e. The smallest absolute Gasteiger partial charge is 1.00 e. The molecule has 0 spiro atoms. The van der Waals surface area contributed by atoms with Crippen molar-refractivity contribution in [2.75, 3.05) is 33.8 Å². The van der Waals surface area contributed by atoms with Gasteiger partial charge in [0.1, 0.15) is 18.9 Å². The minimum Gasteiger partial charge on any atom is -1.00 e. The van der Waals surface area contributed by atoms with Crippen molar-refractivity contribution in [2.24, 2.45) is 0 Å². The largest absolute Gasteiger partial charge is 1.00 e. The molecule has 0 fully saturated rings. The van der Waals surface area contributed by atoms with Crippen molar-refractivity contribution in [2.45, 2.75) is 82.8 Å². The summed E-state index contributed by atoms with van der Waals surface area (Å²) in [7, 11) is -0.197. The normalized spacial score (nSPS) is 11.7. The molecule has 1 rings (SSSR count). The minimum atomic E-state index is -4.84. The van der Waals surface area contributed by atoms with Gasteiger partial charge in [-0.05, 0) is 25.0 Å². The molecule has 0 heterocycles. The average Bonchev–Trinajstić information content (AvgIpc) is 2.79. The molecular formula is C26H48BrNNaO8S+. The van der Waals surface area contributed by atoms with Crippen LogP contribution in [0.4, 0.5) is 0 Å². The molecule has 0 saturated carbocycles. The summed E-state index contributed by atoms with van der Waals surface area (Å²) in [5.41, 5.74) is 0. The van der Waals surface area contributed by atoms with E-state index in [0.29, 0.717) is 0 Å². The van der Waals surface area contributed by atoms with Gasteiger partial charge in [-0.1, -0.05) is 76.5 Å². The molecule has 1 aromatic carbocycles. The fourth-order valence-corrected chi connectivity index (χ4v) is 4.15. The van der Waals surface area contributed by atoms with Gasteiger partial charge in [0.15, 0.2) is 5.25 Å². The van der Waals surface area contributed by atoms with E-state index >= 15 is 0 Å². The number of nitrogens with zero attached hydrogens (tertiary/aromatic N) is 1. The third-order valence-corrected chi connectivity index (χ3v) is 6.91. The van der Waals surface area contributed by atoms with Crippen LogP contribution in [-0.2, 0) is 19.7 Å². The first-order valence-corrected chi connectivity index (χ1v) is 14.3. The topological polar surface area (TPSA) is 138 Å². The summed E-state index contributed by atoms with van der Waals surface area (Å²) < 4.78 is 35.5. The van der Waals surface area contributed by atoms with Crippen LogP contribution in [0.2, 0.25) is 0 Å². The van der Waals surface area contributed by atoms with Gasteiger partial charge in [-0.25, -0.2) is 0 Å². The number of halogens is 1. The molecule has 0 aliphatic heterocycles. The number of carbonyl (C=O) groups is 2. The molecule has 0 amide bonds. The van der Waals surface area contributed by atoms with Crippen molar-refractivity contribution in [1.82, 2.24) is 0 Å². The fraction of sp³-hybridized carbons (Fsp3) is 0.692. The first kappa shape index (κ1) is 41.8. The Bertz CT molecular complexity index is 848. The number of aliphatic carboxylic acids is 2. The van der Waals surface area contributed by atoms with Crippen molar-refractivity contribution in [3.05, 3.63) is 30.3 Å². The molecule has 3 N–H and O–H groups in total. The predicted molar refractivity (Wildman–Crippen MR) is 152 cm³/mol. The van der Waals surface area contributed by atoms with Gasteiger partial charge in [-0.3, -0.25) is 14.1 Å². The number of likely N-dealkylation sites (N-methyl/N-ethyl adjacent to an activating group) is 1. The quantitative estimate of drug-likeness (QED) is 0.0912. The number of ether oxygens (including phenoxy) is 1. The van der Waals surface area contributed by atoms with Crippen LogP contribution in [0.3, 0.4) is 0 Å². The van der Waals surface area contributed by atoms with Crippen LogP contribution in [0, 0.1) is 0 Å². The molecule has 0 aromatic heterocycles. The molecule has 218 valence electrons. The van der Waals surface area contributed by atoms with Crippen LogP contribution in [0.25, 0.3) is 0 Å².